The first-order valence-corrected chi connectivity index (χ1v) is 29.9. The molecule has 0 bridgehead atoms. The zero-order valence-corrected chi connectivity index (χ0v) is 58.1. The number of aromatic hydroxyl groups is 3. The zero-order chi connectivity index (χ0) is 63.9. The third-order valence-electron chi connectivity index (χ3n) is 13.9. The van der Waals surface area contributed by atoms with Gasteiger partial charge in [-0.3, -0.25) is 59.8 Å². The summed E-state index contributed by atoms with van der Waals surface area (Å²) in [6, 6.07) is 68.5. The van der Waals surface area contributed by atoms with Crippen LogP contribution in [0.2, 0.25) is 0 Å². The largest absolute Gasteiger partial charge is 2.00 e. The number of aromatic nitrogens is 9. The number of hydrogen-bond donors (Lipinski definition) is 3. The monoisotopic (exact) mass is 1480 g/mol. The molecule has 12 rings (SSSR count). The average molecular weight is 1480 g/mol. The Balaban J connectivity index is 0.000000306. The number of aliphatic imine (C=N–C) groups is 3. The summed E-state index contributed by atoms with van der Waals surface area (Å²) in [6.07, 6.45) is 20.0. The van der Waals surface area contributed by atoms with Gasteiger partial charge in [0.1, 0.15) is 17.2 Å². The third-order valence-corrected chi connectivity index (χ3v) is 13.9. The van der Waals surface area contributed by atoms with Gasteiger partial charge in [0, 0.05) is 55.8 Å². The fourth-order valence-electron chi connectivity index (χ4n) is 9.01. The topological polar surface area (TPSA) is 241 Å². The van der Waals surface area contributed by atoms with Crippen molar-refractivity contribution in [3.63, 3.8) is 0 Å². The minimum atomic E-state index is -0.169. The summed E-state index contributed by atoms with van der Waals surface area (Å²) in [5.74, 6) is 0.383. The van der Waals surface area contributed by atoms with Gasteiger partial charge in [0.25, 0.3) is 0 Å². The molecule has 9 heterocycles. The summed E-state index contributed by atoms with van der Waals surface area (Å²) in [4.78, 5) is 52.9. The van der Waals surface area contributed by atoms with Crippen LogP contribution in [0.15, 0.2) is 289 Å². The van der Waals surface area contributed by atoms with Crippen molar-refractivity contribution in [3.05, 3.63) is 325 Å². The minimum absolute atomic E-state index is 0. The molecule has 0 saturated carbocycles. The number of benzene rings is 3. The molecular formula is C75H66Cl4Fe2N12O6. The molecule has 506 valence electrons. The number of ether oxygens (including phenoxy) is 3. The van der Waals surface area contributed by atoms with Gasteiger partial charge in [-0.1, -0.05) is 127 Å². The fourth-order valence-corrected chi connectivity index (χ4v) is 9.01. The Morgan fingerprint density at radius 1 is 0.283 bits per heavy atom. The van der Waals surface area contributed by atoms with Gasteiger partial charge in [-0.2, -0.15) is 0 Å². The molecule has 0 spiro atoms. The van der Waals surface area contributed by atoms with E-state index in [1.165, 1.54) is 18.6 Å². The molecule has 0 aliphatic heterocycles. The predicted octanol–water partition coefficient (Wildman–Crippen LogP) is 1.87. The maximum Gasteiger partial charge on any atom is 2.00 e. The van der Waals surface area contributed by atoms with Crippen LogP contribution in [0, 0.1) is 0 Å². The van der Waals surface area contributed by atoms with E-state index in [0.29, 0.717) is 56.7 Å². The summed E-state index contributed by atoms with van der Waals surface area (Å²) >= 11 is 0. The zero-order valence-electron chi connectivity index (χ0n) is 52.8. The van der Waals surface area contributed by atoms with Crippen LogP contribution in [0.5, 0.6) is 17.2 Å². The van der Waals surface area contributed by atoms with E-state index in [1.807, 2.05) is 201 Å². The predicted molar refractivity (Wildman–Crippen MR) is 359 cm³/mol. The Morgan fingerprint density at radius 2 is 0.545 bits per heavy atom. The summed E-state index contributed by atoms with van der Waals surface area (Å²) in [7, 11) is 0. The molecule has 0 unspecified atom stereocenters. The Kier molecular flexibility index (Phi) is 37.4. The van der Waals surface area contributed by atoms with Gasteiger partial charge in [-0.05, 0) is 124 Å². The molecule has 3 aromatic carbocycles. The van der Waals surface area contributed by atoms with Gasteiger partial charge < -0.3 is 79.2 Å². The van der Waals surface area contributed by atoms with Crippen LogP contribution in [-0.2, 0) is 68.2 Å². The van der Waals surface area contributed by atoms with Gasteiger partial charge in [-0.15, -0.1) is 0 Å². The average Bonchev–Trinajstić information content (AvgIpc) is 1.13. The molecule has 0 amide bonds. The van der Waals surface area contributed by atoms with Crippen molar-refractivity contribution < 1.29 is 113 Å². The minimum Gasteiger partial charge on any atom is -1.00 e. The van der Waals surface area contributed by atoms with E-state index in [1.54, 1.807) is 73.6 Å². The Bertz CT molecular complexity index is 3780. The van der Waals surface area contributed by atoms with Gasteiger partial charge in [-0.25, -0.2) is 0 Å². The molecule has 0 fully saturated rings. The molecule has 3 N–H and O–H groups in total. The van der Waals surface area contributed by atoms with Crippen molar-refractivity contribution >= 4 is 18.6 Å². The van der Waals surface area contributed by atoms with Crippen molar-refractivity contribution in [2.75, 3.05) is 19.8 Å². The van der Waals surface area contributed by atoms with E-state index in [4.69, 9.17) is 14.2 Å². The van der Waals surface area contributed by atoms with E-state index in [2.05, 4.69) is 59.8 Å². The first-order chi connectivity index (χ1) is 45.8. The molecule has 0 aliphatic carbocycles. The number of halogens is 4. The number of nitrogens with zero attached hydrogens (tertiary/aromatic N) is 12. The summed E-state index contributed by atoms with van der Waals surface area (Å²) in [5, 5.41) is 28.1. The first kappa shape index (κ1) is 81.9. The van der Waals surface area contributed by atoms with E-state index in [-0.39, 0.29) is 119 Å². The Morgan fingerprint density at radius 3 is 0.768 bits per heavy atom. The smallest absolute Gasteiger partial charge is 1.00 e. The Labute approximate surface area is 621 Å². The maximum atomic E-state index is 9.38. The number of pyridine rings is 9. The van der Waals surface area contributed by atoms with E-state index in [0.717, 1.165) is 67.5 Å². The molecule has 0 aliphatic rings. The van der Waals surface area contributed by atoms with Crippen molar-refractivity contribution in [2.24, 2.45) is 15.0 Å². The van der Waals surface area contributed by atoms with E-state index >= 15 is 0 Å². The van der Waals surface area contributed by atoms with Crippen LogP contribution < -0.4 is 49.6 Å². The Hall–Kier alpha value is -9.50. The second-order valence-corrected chi connectivity index (χ2v) is 20.8. The quantitative estimate of drug-likeness (QED) is 0.0578. The molecule has 3 atom stereocenters. The molecule has 0 radical (unpaired) electrons. The van der Waals surface area contributed by atoms with E-state index in [9.17, 15) is 15.3 Å². The molecule has 12 aromatic rings. The molecule has 24 heteroatoms. The standard InChI is InChI=1S/3C25H22N4O2.4ClH.2Fe/c3*30-22-11-10-21(27-16-22)15-29-25(20-6-2-1-3-7-20)18-31-17-19-9-12-24(28-14-19)23-8-4-5-13-26-23;;;;;;/h3*1-16,25,30H,17-18H2;4*1H;;/q;;;;;;;2*+2/p-4/t3*25-;;;;;;/m111....../s1. The summed E-state index contributed by atoms with van der Waals surface area (Å²) in [6.45, 7) is 2.56. The van der Waals surface area contributed by atoms with Crippen LogP contribution in [0.4, 0.5) is 0 Å². The van der Waals surface area contributed by atoms with Crippen molar-refractivity contribution in [2.45, 2.75) is 37.9 Å². The van der Waals surface area contributed by atoms with Crippen LogP contribution in [0.3, 0.4) is 0 Å². The van der Waals surface area contributed by atoms with Crippen LogP contribution in [0.25, 0.3) is 34.2 Å². The van der Waals surface area contributed by atoms with Crippen molar-refractivity contribution in [1.29, 1.82) is 0 Å². The fraction of sp³-hybridized carbons (Fsp3) is 0.120. The van der Waals surface area contributed by atoms with Gasteiger partial charge in [0.15, 0.2) is 0 Å². The van der Waals surface area contributed by atoms with Gasteiger partial charge >= 0.3 is 34.1 Å². The number of rotatable bonds is 24. The van der Waals surface area contributed by atoms with Gasteiger partial charge in [0.05, 0.1) is 128 Å². The molecule has 18 nitrogen and oxygen atoms in total. The molecule has 9 aromatic heterocycles. The molecule has 0 saturated heterocycles. The van der Waals surface area contributed by atoms with E-state index < -0.39 is 0 Å². The normalized spacial score (nSPS) is 11.4. The second-order valence-electron chi connectivity index (χ2n) is 20.8. The molecule has 99 heavy (non-hydrogen) atoms. The first-order valence-electron chi connectivity index (χ1n) is 29.9. The van der Waals surface area contributed by atoms with Crippen LogP contribution in [0.1, 0.15) is 68.6 Å². The van der Waals surface area contributed by atoms with Crippen LogP contribution >= 0.6 is 0 Å². The molecular weight excluding hydrogens is 1420 g/mol. The summed E-state index contributed by atoms with van der Waals surface area (Å²) < 4.78 is 17.9. The second kappa shape index (κ2) is 45.2. The van der Waals surface area contributed by atoms with Crippen molar-refractivity contribution in [3.8, 4) is 51.4 Å². The number of hydrogen-bond acceptors (Lipinski definition) is 18. The van der Waals surface area contributed by atoms with Crippen LogP contribution in [-0.4, -0.2) is 98.6 Å². The SMILES string of the molecule is Oc1ccc(C=N[C@H](COCc2ccc(-c3ccccn3)nc2)c2ccccc2)nc1.Oc1ccc(C=N[C@H](COCc2ccc(-c3ccccn3)nc2)c2ccccc2)nc1.Oc1ccc(C=N[C@H](COCc2ccc(-c3ccccn3)nc2)c2ccccc2)nc1.[Cl-].[Cl-].[Cl-].[Cl-].[Fe+2].[Fe+2]. The maximum absolute atomic E-state index is 9.38. The van der Waals surface area contributed by atoms with Gasteiger partial charge in [0.2, 0.25) is 0 Å². The summed E-state index contributed by atoms with van der Waals surface area (Å²) in [5.41, 5.74) is 13.2. The van der Waals surface area contributed by atoms with Crippen molar-refractivity contribution in [1.82, 2.24) is 44.9 Å². The third kappa shape index (κ3) is 27.4.